The third-order valence-corrected chi connectivity index (χ3v) is 2.38. The van der Waals surface area contributed by atoms with Crippen LogP contribution >= 0.6 is 0 Å². The van der Waals surface area contributed by atoms with Crippen molar-refractivity contribution in [1.29, 1.82) is 0 Å². The Kier molecular flexibility index (Phi) is 5.56. The second-order valence-electron chi connectivity index (χ2n) is 3.74. The standard InChI is InChI=1S/C12H16F2N2O/c1-15-16-12(17)5-3-2-4-9-6-7-10(13)8-11(9)14/h6-8,15H,2-5H2,1H3,(H,16,17). The summed E-state index contributed by atoms with van der Waals surface area (Å²) < 4.78 is 25.9. The maximum Gasteiger partial charge on any atom is 0.234 e. The molecule has 0 spiro atoms. The zero-order valence-corrected chi connectivity index (χ0v) is 9.72. The topological polar surface area (TPSA) is 41.1 Å². The molecule has 94 valence electrons. The molecular weight excluding hydrogens is 226 g/mol. The Hall–Kier alpha value is -1.49. The summed E-state index contributed by atoms with van der Waals surface area (Å²) in [5.74, 6) is -1.18. The molecule has 0 radical (unpaired) electrons. The molecule has 0 aliphatic heterocycles. The summed E-state index contributed by atoms with van der Waals surface area (Å²) in [7, 11) is 1.62. The number of carbonyl (C=O) groups excluding carboxylic acids is 1. The Morgan fingerprint density at radius 2 is 2.06 bits per heavy atom. The van der Waals surface area contributed by atoms with Gasteiger partial charge in [0.25, 0.3) is 0 Å². The summed E-state index contributed by atoms with van der Waals surface area (Å²) >= 11 is 0. The fourth-order valence-electron chi connectivity index (χ4n) is 1.53. The van der Waals surface area contributed by atoms with E-state index < -0.39 is 11.6 Å². The third kappa shape index (κ3) is 4.91. The molecule has 0 bridgehead atoms. The molecule has 0 fully saturated rings. The highest BCUT2D eigenvalue weighted by Gasteiger charge is 2.04. The first-order chi connectivity index (χ1) is 8.13. The number of hydrazine groups is 1. The maximum absolute atomic E-state index is 13.2. The van der Waals surface area contributed by atoms with E-state index in [-0.39, 0.29) is 5.91 Å². The molecule has 0 saturated carbocycles. The summed E-state index contributed by atoms with van der Waals surface area (Å²) in [5.41, 5.74) is 5.48. The quantitative estimate of drug-likeness (QED) is 0.591. The van der Waals surface area contributed by atoms with Crippen molar-refractivity contribution in [3.63, 3.8) is 0 Å². The van der Waals surface area contributed by atoms with Crippen LogP contribution in [0.25, 0.3) is 0 Å². The average Bonchev–Trinajstić information content (AvgIpc) is 2.27. The van der Waals surface area contributed by atoms with Crippen molar-refractivity contribution in [2.24, 2.45) is 0 Å². The minimum atomic E-state index is -0.570. The number of amides is 1. The predicted octanol–water partition coefficient (Wildman–Crippen LogP) is 1.93. The fraction of sp³-hybridized carbons (Fsp3) is 0.417. The van der Waals surface area contributed by atoms with Crippen LogP contribution in [0.1, 0.15) is 24.8 Å². The van der Waals surface area contributed by atoms with Gasteiger partial charge in [0.05, 0.1) is 0 Å². The van der Waals surface area contributed by atoms with Gasteiger partial charge in [0.2, 0.25) is 5.91 Å². The highest BCUT2D eigenvalue weighted by molar-refractivity contribution is 5.75. The van der Waals surface area contributed by atoms with Gasteiger partial charge in [0.15, 0.2) is 0 Å². The zero-order valence-electron chi connectivity index (χ0n) is 9.72. The van der Waals surface area contributed by atoms with Gasteiger partial charge in [-0.2, -0.15) is 0 Å². The smallest absolute Gasteiger partial charge is 0.234 e. The van der Waals surface area contributed by atoms with Gasteiger partial charge in [0.1, 0.15) is 11.6 Å². The lowest BCUT2D eigenvalue weighted by atomic mass is 10.1. The molecule has 1 aromatic rings. The van der Waals surface area contributed by atoms with Gasteiger partial charge in [-0.25, -0.2) is 14.2 Å². The maximum atomic E-state index is 13.2. The number of aryl methyl sites for hydroxylation is 1. The fourth-order valence-corrected chi connectivity index (χ4v) is 1.53. The molecule has 0 aliphatic carbocycles. The molecule has 0 aromatic heterocycles. The summed E-state index contributed by atoms with van der Waals surface area (Å²) in [6, 6.07) is 3.56. The minimum Gasteiger partial charge on any atom is -0.292 e. The number of rotatable bonds is 6. The van der Waals surface area contributed by atoms with Crippen molar-refractivity contribution < 1.29 is 13.6 Å². The summed E-state index contributed by atoms with van der Waals surface area (Å²) in [6.07, 6.45) is 2.27. The molecule has 1 amide bonds. The lowest BCUT2D eigenvalue weighted by Crippen LogP contribution is -2.33. The lowest BCUT2D eigenvalue weighted by molar-refractivity contribution is -0.122. The van der Waals surface area contributed by atoms with E-state index in [9.17, 15) is 13.6 Å². The number of carbonyl (C=O) groups is 1. The molecule has 0 unspecified atom stereocenters. The van der Waals surface area contributed by atoms with E-state index in [0.29, 0.717) is 31.2 Å². The van der Waals surface area contributed by atoms with Crippen LogP contribution in [0.15, 0.2) is 18.2 Å². The Morgan fingerprint density at radius 1 is 1.29 bits per heavy atom. The van der Waals surface area contributed by atoms with Crippen LogP contribution < -0.4 is 10.9 Å². The second-order valence-corrected chi connectivity index (χ2v) is 3.74. The molecule has 1 aromatic carbocycles. The summed E-state index contributed by atoms with van der Waals surface area (Å²) in [5, 5.41) is 0. The molecule has 0 heterocycles. The van der Waals surface area contributed by atoms with Crippen molar-refractivity contribution in [2.45, 2.75) is 25.7 Å². The van der Waals surface area contributed by atoms with Crippen molar-refractivity contribution in [2.75, 3.05) is 7.05 Å². The first-order valence-corrected chi connectivity index (χ1v) is 5.53. The highest BCUT2D eigenvalue weighted by Crippen LogP contribution is 2.12. The Bertz CT molecular complexity index is 383. The van der Waals surface area contributed by atoms with Crippen LogP contribution in [-0.2, 0) is 11.2 Å². The molecule has 2 N–H and O–H groups in total. The Balaban J connectivity index is 2.29. The number of hydrogen-bond acceptors (Lipinski definition) is 2. The first-order valence-electron chi connectivity index (χ1n) is 5.53. The van der Waals surface area contributed by atoms with E-state index in [2.05, 4.69) is 10.9 Å². The van der Waals surface area contributed by atoms with Crippen molar-refractivity contribution in [1.82, 2.24) is 10.9 Å². The number of benzene rings is 1. The SMILES string of the molecule is CNNC(=O)CCCCc1ccc(F)cc1F. The van der Waals surface area contributed by atoms with Gasteiger partial charge in [-0.1, -0.05) is 6.07 Å². The van der Waals surface area contributed by atoms with Crippen molar-refractivity contribution >= 4 is 5.91 Å². The van der Waals surface area contributed by atoms with E-state index in [4.69, 9.17) is 0 Å². The van der Waals surface area contributed by atoms with Gasteiger partial charge in [-0.15, -0.1) is 0 Å². The molecular formula is C12H16F2N2O. The molecule has 0 saturated heterocycles. The molecule has 0 aliphatic rings. The summed E-state index contributed by atoms with van der Waals surface area (Å²) in [4.78, 5) is 11.1. The van der Waals surface area contributed by atoms with Gasteiger partial charge in [-0.05, 0) is 30.9 Å². The lowest BCUT2D eigenvalue weighted by Gasteiger charge is -2.04. The number of halogens is 2. The Morgan fingerprint density at radius 3 is 2.71 bits per heavy atom. The normalized spacial score (nSPS) is 10.3. The predicted molar refractivity (Wildman–Crippen MR) is 61.1 cm³/mol. The van der Waals surface area contributed by atoms with Crippen LogP contribution in [-0.4, -0.2) is 13.0 Å². The molecule has 0 atom stereocenters. The van der Waals surface area contributed by atoms with Gasteiger partial charge in [0, 0.05) is 19.5 Å². The van der Waals surface area contributed by atoms with E-state index >= 15 is 0 Å². The van der Waals surface area contributed by atoms with Crippen LogP contribution in [0.4, 0.5) is 8.78 Å². The van der Waals surface area contributed by atoms with E-state index in [1.807, 2.05) is 0 Å². The number of unbranched alkanes of at least 4 members (excludes halogenated alkanes) is 1. The number of nitrogens with one attached hydrogen (secondary N) is 2. The molecule has 17 heavy (non-hydrogen) atoms. The monoisotopic (exact) mass is 242 g/mol. The van der Waals surface area contributed by atoms with Gasteiger partial charge in [-0.3, -0.25) is 10.2 Å². The van der Waals surface area contributed by atoms with Gasteiger partial charge >= 0.3 is 0 Å². The van der Waals surface area contributed by atoms with E-state index in [1.54, 1.807) is 7.05 Å². The third-order valence-electron chi connectivity index (χ3n) is 2.38. The minimum absolute atomic E-state index is 0.0907. The van der Waals surface area contributed by atoms with Crippen LogP contribution in [0.5, 0.6) is 0 Å². The number of hydrogen-bond donors (Lipinski definition) is 2. The van der Waals surface area contributed by atoms with Crippen LogP contribution in [0, 0.1) is 11.6 Å². The highest BCUT2D eigenvalue weighted by atomic mass is 19.1. The van der Waals surface area contributed by atoms with Gasteiger partial charge < -0.3 is 0 Å². The van der Waals surface area contributed by atoms with E-state index in [0.717, 1.165) is 6.07 Å². The molecule has 5 heteroatoms. The Labute approximate surface area is 99.2 Å². The second kappa shape index (κ2) is 6.96. The first kappa shape index (κ1) is 13.6. The zero-order chi connectivity index (χ0) is 12.7. The van der Waals surface area contributed by atoms with Crippen molar-refractivity contribution in [3.05, 3.63) is 35.4 Å². The van der Waals surface area contributed by atoms with E-state index in [1.165, 1.54) is 12.1 Å². The molecule has 1 rings (SSSR count). The largest absolute Gasteiger partial charge is 0.292 e. The average molecular weight is 242 g/mol. The van der Waals surface area contributed by atoms with Crippen LogP contribution in [0.2, 0.25) is 0 Å². The van der Waals surface area contributed by atoms with Crippen LogP contribution in [0.3, 0.4) is 0 Å². The van der Waals surface area contributed by atoms with Crippen molar-refractivity contribution in [3.8, 4) is 0 Å². The molecule has 3 nitrogen and oxygen atoms in total. The summed E-state index contributed by atoms with van der Waals surface area (Å²) in [6.45, 7) is 0.